The second-order valence-corrected chi connectivity index (χ2v) is 3.65. The molecule has 1 amide bonds. The molecule has 0 saturated carbocycles. The van der Waals surface area contributed by atoms with Gasteiger partial charge in [0.05, 0.1) is 6.04 Å². The van der Waals surface area contributed by atoms with Crippen molar-refractivity contribution in [2.24, 2.45) is 0 Å². The molecular formula is C9H14BNO4. The minimum Gasteiger partial charge on any atom is -0.480 e. The monoisotopic (exact) mass is 211 g/mol. The van der Waals surface area contributed by atoms with Crippen LogP contribution in [0.1, 0.15) is 12.8 Å². The van der Waals surface area contributed by atoms with E-state index in [0.717, 1.165) is 0 Å². The Hall–Kier alpha value is -1.30. The molecule has 1 rings (SSSR count). The lowest BCUT2D eigenvalue weighted by Gasteiger charge is -2.20. The summed E-state index contributed by atoms with van der Waals surface area (Å²) in [6, 6.07) is -0.768. The summed E-state index contributed by atoms with van der Waals surface area (Å²) in [4.78, 5) is 23.2. The highest BCUT2D eigenvalue weighted by Gasteiger charge is 2.30. The van der Waals surface area contributed by atoms with E-state index >= 15 is 0 Å². The fourth-order valence-corrected chi connectivity index (χ4v) is 1.60. The molecule has 6 heteroatoms. The lowest BCUT2D eigenvalue weighted by Crippen LogP contribution is -2.36. The molecule has 0 bridgehead atoms. The fourth-order valence-electron chi connectivity index (χ4n) is 1.60. The van der Waals surface area contributed by atoms with Crippen LogP contribution in [0.4, 0.5) is 0 Å². The smallest absolute Gasteiger partial charge is 0.323 e. The van der Waals surface area contributed by atoms with Crippen LogP contribution in [0.15, 0.2) is 12.2 Å². The zero-order valence-electron chi connectivity index (χ0n) is 8.59. The van der Waals surface area contributed by atoms with Crippen molar-refractivity contribution in [2.75, 3.05) is 6.54 Å². The van der Waals surface area contributed by atoms with Gasteiger partial charge in [0.25, 0.3) is 0 Å². The fraction of sp³-hybridized carbons (Fsp3) is 0.556. The van der Waals surface area contributed by atoms with Crippen LogP contribution in [0, 0.1) is 0 Å². The van der Waals surface area contributed by atoms with E-state index in [4.69, 9.17) is 10.2 Å². The molecular weight excluding hydrogens is 197 g/mol. The average molecular weight is 211 g/mol. The lowest BCUT2D eigenvalue weighted by molar-refractivity contribution is -0.143. The van der Waals surface area contributed by atoms with Crippen LogP contribution in [0.3, 0.4) is 0 Å². The predicted octanol–water partition coefficient (Wildman–Crippen LogP) is -1.43. The third-order valence-electron chi connectivity index (χ3n) is 2.29. The number of amides is 1. The van der Waals surface area contributed by atoms with Crippen molar-refractivity contribution in [1.29, 1.82) is 0 Å². The molecule has 15 heavy (non-hydrogen) atoms. The Balaban J connectivity index is 2.63. The number of carbonyl (C=O) groups is 2. The van der Waals surface area contributed by atoms with E-state index in [9.17, 15) is 9.59 Å². The number of carboxylic acids is 1. The number of hydrogen-bond donors (Lipinski definition) is 2. The van der Waals surface area contributed by atoms with Crippen LogP contribution in [0.25, 0.3) is 0 Å². The number of carboxylic acid groups (broad SMARTS) is 1. The van der Waals surface area contributed by atoms with Gasteiger partial charge in [0, 0.05) is 12.4 Å². The Morgan fingerprint density at radius 1 is 1.73 bits per heavy atom. The lowest BCUT2D eigenvalue weighted by atomic mass is 9.99. The zero-order chi connectivity index (χ0) is 11.4. The predicted molar refractivity (Wildman–Crippen MR) is 56.1 cm³/mol. The van der Waals surface area contributed by atoms with E-state index in [1.165, 1.54) is 4.90 Å². The van der Waals surface area contributed by atoms with E-state index in [1.54, 1.807) is 20.0 Å². The van der Waals surface area contributed by atoms with Gasteiger partial charge < -0.3 is 15.1 Å². The number of aliphatic hydroxyl groups is 1. The largest absolute Gasteiger partial charge is 0.480 e. The Morgan fingerprint density at radius 2 is 2.40 bits per heavy atom. The summed E-state index contributed by atoms with van der Waals surface area (Å²) in [5, 5.41) is 17.7. The standard InChI is InChI=1S/C9H14BNO4/c10-7(12)3-1-6-2-4-8(13)11(6)5-9(14)15/h1,3,6-7,12H,2,4-5,10H2,(H,14,15)/b3-1+/t6-,7-/m0/s1. The SMILES string of the molecule is B[C@@H](O)/C=C/[C@H]1CCC(=O)N1CC(=O)O. The molecule has 1 fully saturated rings. The number of rotatable bonds is 4. The molecule has 1 aliphatic heterocycles. The number of aliphatic hydroxyl groups excluding tert-OH is 1. The van der Waals surface area contributed by atoms with Crippen LogP contribution in [-0.4, -0.2) is 53.4 Å². The highest BCUT2D eigenvalue weighted by Crippen LogP contribution is 2.19. The Labute approximate surface area is 88.8 Å². The Bertz CT molecular complexity index is 290. The topological polar surface area (TPSA) is 77.8 Å². The molecule has 1 heterocycles. The maximum atomic E-state index is 11.3. The van der Waals surface area contributed by atoms with E-state index in [0.29, 0.717) is 12.8 Å². The normalized spacial score (nSPS) is 23.7. The quantitative estimate of drug-likeness (QED) is 0.441. The summed E-state index contributed by atoms with van der Waals surface area (Å²) in [6.45, 7) is -0.270. The zero-order valence-corrected chi connectivity index (χ0v) is 8.59. The molecule has 5 nitrogen and oxygen atoms in total. The molecule has 2 atom stereocenters. The third-order valence-corrected chi connectivity index (χ3v) is 2.29. The Morgan fingerprint density at radius 3 is 2.93 bits per heavy atom. The highest BCUT2D eigenvalue weighted by molar-refractivity contribution is 6.12. The summed E-state index contributed by atoms with van der Waals surface area (Å²) in [7, 11) is 1.61. The van der Waals surface area contributed by atoms with Crippen molar-refractivity contribution in [3.8, 4) is 0 Å². The summed E-state index contributed by atoms with van der Waals surface area (Å²) < 4.78 is 0. The molecule has 0 radical (unpaired) electrons. The van der Waals surface area contributed by atoms with E-state index < -0.39 is 12.0 Å². The van der Waals surface area contributed by atoms with Gasteiger partial charge in [-0.2, -0.15) is 0 Å². The van der Waals surface area contributed by atoms with Gasteiger partial charge >= 0.3 is 5.97 Å². The minimum atomic E-state index is -1.01. The van der Waals surface area contributed by atoms with Gasteiger partial charge in [-0.3, -0.25) is 9.59 Å². The maximum Gasteiger partial charge on any atom is 0.323 e. The van der Waals surface area contributed by atoms with Gasteiger partial charge in [-0.1, -0.05) is 12.2 Å². The molecule has 0 unspecified atom stereocenters. The molecule has 0 spiro atoms. The number of carbonyl (C=O) groups excluding carboxylic acids is 1. The van der Waals surface area contributed by atoms with Crippen molar-refractivity contribution >= 4 is 19.7 Å². The van der Waals surface area contributed by atoms with Crippen LogP contribution < -0.4 is 0 Å². The van der Waals surface area contributed by atoms with Gasteiger partial charge in [0.15, 0.2) is 0 Å². The summed E-state index contributed by atoms with van der Waals surface area (Å²) in [5.41, 5.74) is 0. The van der Waals surface area contributed by atoms with E-state index in [2.05, 4.69) is 0 Å². The van der Waals surface area contributed by atoms with Crippen molar-refractivity contribution in [3.63, 3.8) is 0 Å². The van der Waals surface area contributed by atoms with Gasteiger partial charge in [0.1, 0.15) is 14.4 Å². The highest BCUT2D eigenvalue weighted by atomic mass is 16.4. The van der Waals surface area contributed by atoms with Crippen molar-refractivity contribution < 1.29 is 19.8 Å². The second-order valence-electron chi connectivity index (χ2n) is 3.65. The van der Waals surface area contributed by atoms with Crippen molar-refractivity contribution in [1.82, 2.24) is 4.90 Å². The minimum absolute atomic E-state index is 0.141. The van der Waals surface area contributed by atoms with E-state index in [-0.39, 0.29) is 18.5 Å². The molecule has 0 aromatic carbocycles. The third kappa shape index (κ3) is 3.40. The van der Waals surface area contributed by atoms with Crippen LogP contribution in [0.5, 0.6) is 0 Å². The summed E-state index contributed by atoms with van der Waals surface area (Å²) >= 11 is 0. The summed E-state index contributed by atoms with van der Waals surface area (Å²) in [6.07, 6.45) is 4.26. The number of likely N-dealkylation sites (tertiary alicyclic amines) is 1. The molecule has 1 aliphatic rings. The van der Waals surface area contributed by atoms with Gasteiger partial charge in [-0.15, -0.1) is 0 Å². The van der Waals surface area contributed by atoms with Crippen LogP contribution in [-0.2, 0) is 9.59 Å². The number of nitrogens with zero attached hydrogens (tertiary/aromatic N) is 1. The van der Waals surface area contributed by atoms with E-state index in [1.807, 2.05) is 0 Å². The van der Waals surface area contributed by atoms with Crippen LogP contribution >= 0.6 is 0 Å². The molecule has 0 aliphatic carbocycles. The first-order valence-corrected chi connectivity index (χ1v) is 4.88. The molecule has 2 N–H and O–H groups in total. The van der Waals surface area contributed by atoms with Gasteiger partial charge in [0.2, 0.25) is 5.91 Å². The second kappa shape index (κ2) is 4.98. The Kier molecular flexibility index (Phi) is 3.91. The first-order valence-electron chi connectivity index (χ1n) is 4.88. The number of hydrogen-bond acceptors (Lipinski definition) is 3. The van der Waals surface area contributed by atoms with Crippen molar-refractivity contribution in [3.05, 3.63) is 12.2 Å². The molecule has 0 aromatic rings. The van der Waals surface area contributed by atoms with Crippen molar-refractivity contribution in [2.45, 2.75) is 24.9 Å². The number of aliphatic carboxylic acids is 1. The van der Waals surface area contributed by atoms with Gasteiger partial charge in [-0.05, 0) is 6.42 Å². The maximum absolute atomic E-state index is 11.3. The molecule has 82 valence electrons. The molecule has 0 aromatic heterocycles. The first kappa shape index (κ1) is 11.8. The molecule has 1 saturated heterocycles. The first-order chi connectivity index (χ1) is 7.00. The summed E-state index contributed by atoms with van der Waals surface area (Å²) in [5.74, 6) is -1.15. The average Bonchev–Trinajstić information content (AvgIpc) is 2.44. The van der Waals surface area contributed by atoms with Crippen LogP contribution in [0.2, 0.25) is 0 Å². The van der Waals surface area contributed by atoms with Gasteiger partial charge in [-0.25, -0.2) is 0 Å².